The molecule has 0 aromatic carbocycles. The lowest BCUT2D eigenvalue weighted by molar-refractivity contribution is -0.137. The topological polar surface area (TPSA) is 119 Å². The highest BCUT2D eigenvalue weighted by molar-refractivity contribution is 5.82. The number of aromatic nitrogens is 4. The van der Waals surface area contributed by atoms with E-state index in [9.17, 15) is 13.2 Å². The first-order valence-electron chi connectivity index (χ1n) is 11.6. The van der Waals surface area contributed by atoms with Gasteiger partial charge < -0.3 is 21.7 Å². The van der Waals surface area contributed by atoms with Gasteiger partial charge >= 0.3 is 6.18 Å². The number of halogens is 3. The summed E-state index contributed by atoms with van der Waals surface area (Å²) in [6.45, 7) is 9.23. The fraction of sp³-hybridized carbons (Fsp3) is 0.360. The van der Waals surface area contributed by atoms with Gasteiger partial charge in [-0.25, -0.2) is 15.0 Å². The Kier molecular flexibility index (Phi) is 6.85. The number of anilines is 3. The summed E-state index contributed by atoms with van der Waals surface area (Å²) in [4.78, 5) is 19.1. The van der Waals surface area contributed by atoms with Crippen LogP contribution in [0.3, 0.4) is 0 Å². The highest BCUT2D eigenvalue weighted by Crippen LogP contribution is 2.38. The van der Waals surface area contributed by atoms with E-state index in [0.29, 0.717) is 5.82 Å². The predicted octanol–water partition coefficient (Wildman–Crippen LogP) is 4.50. The minimum atomic E-state index is -4.61. The summed E-state index contributed by atoms with van der Waals surface area (Å²) < 4.78 is 41.7. The van der Waals surface area contributed by atoms with Gasteiger partial charge in [-0.1, -0.05) is 13.5 Å². The van der Waals surface area contributed by atoms with Crippen molar-refractivity contribution in [2.45, 2.75) is 44.8 Å². The average molecular weight is 499 g/mol. The lowest BCUT2D eigenvalue weighted by Crippen LogP contribution is -2.48. The van der Waals surface area contributed by atoms with Crippen LogP contribution in [0.1, 0.15) is 43.5 Å². The second-order valence-corrected chi connectivity index (χ2v) is 9.15. The van der Waals surface area contributed by atoms with Gasteiger partial charge in [-0.05, 0) is 49.9 Å². The molecule has 0 atom stereocenters. The zero-order chi connectivity index (χ0) is 26.1. The Morgan fingerprint density at radius 2 is 1.89 bits per heavy atom. The molecule has 0 aliphatic carbocycles. The molecule has 3 aromatic rings. The fourth-order valence-corrected chi connectivity index (χ4v) is 4.25. The third-order valence-electron chi connectivity index (χ3n) is 6.33. The first-order chi connectivity index (χ1) is 17.0. The monoisotopic (exact) mass is 498 g/mol. The highest BCUT2D eigenvalue weighted by atomic mass is 19.4. The minimum Gasteiger partial charge on any atom is -0.382 e. The molecule has 0 bridgehead atoms. The first kappa shape index (κ1) is 25.4. The number of aryl methyl sites for hydroxylation is 1. The van der Waals surface area contributed by atoms with Crippen LogP contribution in [-0.4, -0.2) is 38.6 Å². The van der Waals surface area contributed by atoms with Crippen molar-refractivity contribution in [3.05, 3.63) is 60.2 Å². The minimum absolute atomic E-state index is 0.0193. The van der Waals surface area contributed by atoms with Crippen molar-refractivity contribution in [3.63, 3.8) is 0 Å². The molecule has 0 radical (unpaired) electrons. The van der Waals surface area contributed by atoms with E-state index in [2.05, 4.69) is 36.7 Å². The molecule has 0 spiro atoms. The molecule has 1 aliphatic heterocycles. The fourth-order valence-electron chi connectivity index (χ4n) is 4.25. The van der Waals surface area contributed by atoms with Gasteiger partial charge in [-0.15, -0.1) is 0 Å². The summed E-state index contributed by atoms with van der Waals surface area (Å²) in [6, 6.07) is 5.12. The maximum absolute atomic E-state index is 13.9. The Labute approximate surface area is 207 Å². The third-order valence-corrected chi connectivity index (χ3v) is 6.33. The number of hydrogen-bond acceptors (Lipinski definition) is 8. The molecule has 4 rings (SSSR count). The van der Waals surface area contributed by atoms with Crippen LogP contribution in [0, 0.1) is 0 Å². The van der Waals surface area contributed by atoms with E-state index in [1.807, 2.05) is 19.1 Å². The van der Waals surface area contributed by atoms with Crippen LogP contribution in [0.5, 0.6) is 0 Å². The number of piperidine rings is 1. The third kappa shape index (κ3) is 5.25. The van der Waals surface area contributed by atoms with Crippen LogP contribution in [-0.2, 0) is 12.6 Å². The second kappa shape index (κ2) is 9.73. The van der Waals surface area contributed by atoms with Crippen LogP contribution < -0.4 is 21.7 Å². The molecule has 1 aliphatic rings. The number of alkyl halides is 3. The SMILES string of the molecule is C=C(Nc1ncccc1N1CCC(C)(N)CC1)c1nc(-c2nccc(CC)c2C(F)(F)F)cnc1N. The quantitative estimate of drug-likeness (QED) is 0.455. The van der Waals surface area contributed by atoms with Crippen LogP contribution in [0.15, 0.2) is 43.4 Å². The summed E-state index contributed by atoms with van der Waals surface area (Å²) in [7, 11) is 0. The molecule has 0 amide bonds. The van der Waals surface area contributed by atoms with Crippen LogP contribution in [0.4, 0.5) is 30.5 Å². The molecule has 5 N–H and O–H groups in total. The Morgan fingerprint density at radius 1 is 1.17 bits per heavy atom. The van der Waals surface area contributed by atoms with Gasteiger partial charge in [0.1, 0.15) is 17.1 Å². The Balaban J connectivity index is 1.66. The largest absolute Gasteiger partial charge is 0.418 e. The summed E-state index contributed by atoms with van der Waals surface area (Å²) in [5.41, 5.74) is 12.3. The van der Waals surface area contributed by atoms with E-state index in [4.69, 9.17) is 11.5 Å². The molecule has 11 heteroatoms. The summed E-state index contributed by atoms with van der Waals surface area (Å²) in [5, 5.41) is 3.13. The molecule has 36 heavy (non-hydrogen) atoms. The Morgan fingerprint density at radius 3 is 2.56 bits per heavy atom. The summed E-state index contributed by atoms with van der Waals surface area (Å²) in [6.07, 6.45) is 1.40. The van der Waals surface area contributed by atoms with E-state index in [0.717, 1.165) is 31.6 Å². The highest BCUT2D eigenvalue weighted by Gasteiger charge is 2.37. The number of rotatable bonds is 6. The molecule has 1 saturated heterocycles. The lowest BCUT2D eigenvalue weighted by Gasteiger charge is -2.38. The van der Waals surface area contributed by atoms with Crippen LogP contribution in [0.25, 0.3) is 17.1 Å². The normalized spacial score (nSPS) is 15.6. The lowest BCUT2D eigenvalue weighted by atomic mass is 9.91. The van der Waals surface area contributed by atoms with Crippen molar-refractivity contribution in [2.75, 3.05) is 29.0 Å². The van der Waals surface area contributed by atoms with Crippen molar-refractivity contribution in [2.24, 2.45) is 5.73 Å². The van der Waals surface area contributed by atoms with Gasteiger partial charge in [0.05, 0.1) is 23.1 Å². The van der Waals surface area contributed by atoms with Crippen LogP contribution in [0.2, 0.25) is 0 Å². The van der Waals surface area contributed by atoms with Crippen molar-refractivity contribution in [1.29, 1.82) is 0 Å². The van der Waals surface area contributed by atoms with Gasteiger partial charge in [0, 0.05) is 31.0 Å². The molecule has 4 heterocycles. The average Bonchev–Trinajstić information content (AvgIpc) is 2.83. The van der Waals surface area contributed by atoms with Crippen LogP contribution >= 0.6 is 0 Å². The number of pyridine rings is 2. The molecular weight excluding hydrogens is 469 g/mol. The van der Waals surface area contributed by atoms with Gasteiger partial charge in [-0.2, -0.15) is 13.2 Å². The van der Waals surface area contributed by atoms with E-state index < -0.39 is 11.7 Å². The predicted molar refractivity (Wildman–Crippen MR) is 135 cm³/mol. The smallest absolute Gasteiger partial charge is 0.382 e. The van der Waals surface area contributed by atoms with Crippen molar-refractivity contribution >= 4 is 23.0 Å². The van der Waals surface area contributed by atoms with Gasteiger partial charge in [0.2, 0.25) is 0 Å². The zero-order valence-electron chi connectivity index (χ0n) is 20.2. The molecule has 3 aromatic heterocycles. The first-order valence-corrected chi connectivity index (χ1v) is 11.6. The maximum Gasteiger partial charge on any atom is 0.418 e. The number of nitrogens with two attached hydrogens (primary N) is 2. The maximum atomic E-state index is 13.9. The summed E-state index contributed by atoms with van der Waals surface area (Å²) in [5.74, 6) is 0.544. The number of nitrogens with zero attached hydrogens (tertiary/aromatic N) is 5. The molecule has 190 valence electrons. The number of hydrogen-bond donors (Lipinski definition) is 3. The molecular formula is C25H29F3N8. The Hall–Kier alpha value is -3.73. The molecule has 1 fully saturated rings. The Bertz CT molecular complexity index is 1260. The van der Waals surface area contributed by atoms with E-state index in [1.165, 1.54) is 18.5 Å². The van der Waals surface area contributed by atoms with E-state index in [1.54, 1.807) is 13.1 Å². The number of nitrogen functional groups attached to an aromatic ring is 1. The van der Waals surface area contributed by atoms with E-state index >= 15 is 0 Å². The van der Waals surface area contributed by atoms with Crippen molar-refractivity contribution in [3.8, 4) is 11.4 Å². The van der Waals surface area contributed by atoms with E-state index in [-0.39, 0.29) is 46.1 Å². The molecule has 0 saturated carbocycles. The number of nitrogens with one attached hydrogen (secondary N) is 1. The zero-order valence-corrected chi connectivity index (χ0v) is 20.2. The van der Waals surface area contributed by atoms with Gasteiger partial charge in [0.25, 0.3) is 0 Å². The van der Waals surface area contributed by atoms with Gasteiger partial charge in [-0.3, -0.25) is 4.98 Å². The van der Waals surface area contributed by atoms with Crippen molar-refractivity contribution < 1.29 is 13.2 Å². The summed E-state index contributed by atoms with van der Waals surface area (Å²) >= 11 is 0. The van der Waals surface area contributed by atoms with Crippen molar-refractivity contribution in [1.82, 2.24) is 19.9 Å². The molecule has 8 nitrogen and oxygen atoms in total. The second-order valence-electron chi connectivity index (χ2n) is 9.15. The standard InChI is InChI=1S/C25H29F3N8/c1-4-16-7-11-31-21(19(16)25(26,27)28)17-14-33-22(29)20(35-17)15(2)34-23-18(6-5-10-32-23)36-12-8-24(3,30)9-13-36/h5-7,10-11,14H,2,4,8-9,12-13,30H2,1,3H3,(H2,29,33)(H,32,34). The molecule has 0 unspecified atom stereocenters. The van der Waals surface area contributed by atoms with Gasteiger partial charge in [0.15, 0.2) is 11.6 Å².